The second-order valence-corrected chi connectivity index (χ2v) is 6.33. The Bertz CT molecular complexity index is 1010. The van der Waals surface area contributed by atoms with E-state index in [1.54, 1.807) is 12.1 Å². The minimum Gasteiger partial charge on any atom is -0.348 e. The molecule has 0 radical (unpaired) electrons. The summed E-state index contributed by atoms with van der Waals surface area (Å²) in [5.41, 5.74) is 5.85. The van der Waals surface area contributed by atoms with Gasteiger partial charge in [0.2, 0.25) is 0 Å². The summed E-state index contributed by atoms with van der Waals surface area (Å²) in [7, 11) is 0. The number of carbonyl (C=O) groups excluding carboxylic acids is 2. The van der Waals surface area contributed by atoms with Gasteiger partial charge in [0.05, 0.1) is 11.3 Å². The van der Waals surface area contributed by atoms with Gasteiger partial charge in [-0.15, -0.1) is 0 Å². The van der Waals surface area contributed by atoms with Gasteiger partial charge < -0.3 is 10.6 Å². The summed E-state index contributed by atoms with van der Waals surface area (Å²) < 4.78 is 0. The third-order valence-corrected chi connectivity index (χ3v) is 4.69. The molecule has 0 aliphatic carbocycles. The molecule has 2 N–H and O–H groups in total. The van der Waals surface area contributed by atoms with E-state index in [1.807, 2.05) is 42.5 Å². The van der Waals surface area contributed by atoms with E-state index in [9.17, 15) is 9.59 Å². The predicted octanol–water partition coefficient (Wildman–Crippen LogP) is 4.16. The average molecular weight is 342 g/mol. The van der Waals surface area contributed by atoms with Crippen molar-refractivity contribution in [1.29, 1.82) is 0 Å². The molecule has 0 fully saturated rings. The van der Waals surface area contributed by atoms with Crippen LogP contribution in [0.2, 0.25) is 0 Å². The van der Waals surface area contributed by atoms with Crippen molar-refractivity contribution >= 4 is 17.5 Å². The van der Waals surface area contributed by atoms with Gasteiger partial charge in [-0.2, -0.15) is 0 Å². The van der Waals surface area contributed by atoms with E-state index in [2.05, 4.69) is 29.7 Å². The third-order valence-electron chi connectivity index (χ3n) is 4.69. The summed E-state index contributed by atoms with van der Waals surface area (Å²) in [4.78, 5) is 24.9. The van der Waals surface area contributed by atoms with Crippen LogP contribution in [0.25, 0.3) is 11.1 Å². The zero-order valence-corrected chi connectivity index (χ0v) is 14.4. The predicted molar refractivity (Wildman–Crippen MR) is 102 cm³/mol. The lowest BCUT2D eigenvalue weighted by atomic mass is 9.93. The molecule has 0 spiro atoms. The molecule has 0 aromatic heterocycles. The van der Waals surface area contributed by atoms with Gasteiger partial charge in [-0.05, 0) is 47.4 Å². The van der Waals surface area contributed by atoms with E-state index < -0.39 is 0 Å². The van der Waals surface area contributed by atoms with Crippen molar-refractivity contribution in [3.05, 3.63) is 89.0 Å². The number of nitrogens with one attached hydrogen (secondary N) is 2. The molecule has 128 valence electrons. The zero-order valence-electron chi connectivity index (χ0n) is 14.4. The lowest BCUT2D eigenvalue weighted by molar-refractivity contribution is 0.0966. The van der Waals surface area contributed by atoms with Gasteiger partial charge >= 0.3 is 0 Å². The van der Waals surface area contributed by atoms with Crippen LogP contribution in [-0.4, -0.2) is 11.8 Å². The second-order valence-electron chi connectivity index (χ2n) is 6.33. The van der Waals surface area contributed by atoms with Crippen molar-refractivity contribution in [3.8, 4) is 11.1 Å². The second kappa shape index (κ2) is 6.48. The van der Waals surface area contributed by atoms with Gasteiger partial charge in [0.25, 0.3) is 11.8 Å². The Morgan fingerprint density at radius 3 is 2.42 bits per heavy atom. The largest absolute Gasteiger partial charge is 0.348 e. The minimum absolute atomic E-state index is 0.154. The molecule has 0 atom stereocenters. The summed E-state index contributed by atoms with van der Waals surface area (Å²) in [6.07, 6.45) is 0. The highest BCUT2D eigenvalue weighted by Crippen LogP contribution is 2.35. The van der Waals surface area contributed by atoms with Crippen molar-refractivity contribution < 1.29 is 9.59 Å². The molecule has 1 heterocycles. The fraction of sp³-hybridized carbons (Fsp3) is 0.0909. The summed E-state index contributed by atoms with van der Waals surface area (Å²) in [5.74, 6) is -0.380. The number of aryl methyl sites for hydroxylation is 1. The van der Waals surface area contributed by atoms with Gasteiger partial charge in [0.1, 0.15) is 0 Å². The molecule has 4 heteroatoms. The molecule has 0 saturated carbocycles. The molecule has 4 rings (SSSR count). The van der Waals surface area contributed by atoms with Crippen molar-refractivity contribution in [1.82, 2.24) is 5.32 Å². The van der Waals surface area contributed by atoms with Gasteiger partial charge in [-0.25, -0.2) is 0 Å². The Kier molecular flexibility index (Phi) is 4.01. The molecule has 1 aliphatic heterocycles. The van der Waals surface area contributed by atoms with Crippen LogP contribution in [0.4, 0.5) is 5.69 Å². The molecule has 1 aliphatic rings. The first-order valence-electron chi connectivity index (χ1n) is 8.51. The number of rotatable bonds is 3. The maximum atomic E-state index is 12.5. The molecule has 2 amide bonds. The first kappa shape index (κ1) is 16.1. The normalized spacial score (nSPS) is 12.4. The Morgan fingerprint density at radius 2 is 1.65 bits per heavy atom. The van der Waals surface area contributed by atoms with Gasteiger partial charge in [-0.3, -0.25) is 9.59 Å². The van der Waals surface area contributed by atoms with Crippen LogP contribution in [0.5, 0.6) is 0 Å². The van der Waals surface area contributed by atoms with Crippen LogP contribution in [0, 0.1) is 6.92 Å². The topological polar surface area (TPSA) is 58.2 Å². The first-order chi connectivity index (χ1) is 12.6. The highest BCUT2D eigenvalue weighted by Gasteiger charge is 2.27. The van der Waals surface area contributed by atoms with Crippen LogP contribution in [0.3, 0.4) is 0 Å². The van der Waals surface area contributed by atoms with E-state index in [0.717, 1.165) is 22.3 Å². The zero-order chi connectivity index (χ0) is 18.1. The SMILES string of the molecule is Cc1ccccc1-c1ccc(NC(=O)c2ccccc2)c2c1CNC2=O. The number of fused-ring (bicyclic) bond motifs is 1. The molecule has 0 bridgehead atoms. The Hall–Kier alpha value is -3.40. The van der Waals surface area contributed by atoms with E-state index >= 15 is 0 Å². The van der Waals surface area contributed by atoms with Crippen molar-refractivity contribution in [2.24, 2.45) is 0 Å². The van der Waals surface area contributed by atoms with Crippen molar-refractivity contribution in [2.75, 3.05) is 5.32 Å². The van der Waals surface area contributed by atoms with Gasteiger partial charge in [-0.1, -0.05) is 48.5 Å². The van der Waals surface area contributed by atoms with E-state index in [-0.39, 0.29) is 11.8 Å². The molecule has 3 aromatic rings. The molecular weight excluding hydrogens is 324 g/mol. The number of anilines is 1. The molecule has 0 unspecified atom stereocenters. The summed E-state index contributed by atoms with van der Waals surface area (Å²) in [5, 5.41) is 5.76. The lowest BCUT2D eigenvalue weighted by Crippen LogP contribution is -2.17. The fourth-order valence-corrected chi connectivity index (χ4v) is 3.36. The standard InChI is InChI=1S/C22H18N2O2/c1-14-7-5-6-10-16(14)17-11-12-19(20-18(17)13-23-22(20)26)24-21(25)15-8-3-2-4-9-15/h2-12H,13H2,1H3,(H,23,26)(H,24,25). The highest BCUT2D eigenvalue weighted by molar-refractivity contribution is 6.11. The van der Waals surface area contributed by atoms with E-state index in [4.69, 9.17) is 0 Å². The quantitative estimate of drug-likeness (QED) is 0.751. The number of benzene rings is 3. The van der Waals surface area contributed by atoms with Crippen LogP contribution < -0.4 is 10.6 Å². The first-order valence-corrected chi connectivity index (χ1v) is 8.51. The number of hydrogen-bond acceptors (Lipinski definition) is 2. The number of carbonyl (C=O) groups is 2. The molecule has 3 aromatic carbocycles. The Morgan fingerprint density at radius 1 is 0.923 bits per heavy atom. The van der Waals surface area contributed by atoms with Crippen LogP contribution in [-0.2, 0) is 6.54 Å². The minimum atomic E-state index is -0.226. The molecule has 4 nitrogen and oxygen atoms in total. The lowest BCUT2D eigenvalue weighted by Gasteiger charge is -2.14. The van der Waals surface area contributed by atoms with Crippen LogP contribution in [0.15, 0.2) is 66.7 Å². The van der Waals surface area contributed by atoms with Crippen molar-refractivity contribution in [2.45, 2.75) is 13.5 Å². The third kappa shape index (κ3) is 2.75. The monoisotopic (exact) mass is 342 g/mol. The fourth-order valence-electron chi connectivity index (χ4n) is 3.36. The molecule has 0 saturated heterocycles. The number of hydrogen-bond donors (Lipinski definition) is 2. The summed E-state index contributed by atoms with van der Waals surface area (Å²) in [6, 6.07) is 20.9. The smallest absolute Gasteiger partial charge is 0.255 e. The van der Waals surface area contributed by atoms with E-state index in [1.165, 1.54) is 0 Å². The molecule has 26 heavy (non-hydrogen) atoms. The summed E-state index contributed by atoms with van der Waals surface area (Å²) >= 11 is 0. The Balaban J connectivity index is 1.77. The summed E-state index contributed by atoms with van der Waals surface area (Å²) in [6.45, 7) is 2.52. The van der Waals surface area contributed by atoms with Crippen LogP contribution in [0.1, 0.15) is 31.8 Å². The van der Waals surface area contributed by atoms with Gasteiger partial charge in [0.15, 0.2) is 0 Å². The maximum absolute atomic E-state index is 12.5. The number of amides is 2. The van der Waals surface area contributed by atoms with E-state index in [0.29, 0.717) is 23.4 Å². The molecular formula is C22H18N2O2. The highest BCUT2D eigenvalue weighted by atomic mass is 16.2. The average Bonchev–Trinajstić information content (AvgIpc) is 3.06. The maximum Gasteiger partial charge on any atom is 0.255 e. The van der Waals surface area contributed by atoms with Gasteiger partial charge in [0, 0.05) is 12.1 Å². The van der Waals surface area contributed by atoms with Crippen molar-refractivity contribution in [3.63, 3.8) is 0 Å². The van der Waals surface area contributed by atoms with Crippen LogP contribution >= 0.6 is 0 Å². The Labute approximate surface area is 151 Å².